The van der Waals surface area contributed by atoms with Crippen LogP contribution in [-0.2, 0) is 0 Å². The van der Waals surface area contributed by atoms with Crippen molar-refractivity contribution in [3.63, 3.8) is 0 Å². The van der Waals surface area contributed by atoms with E-state index in [0.29, 0.717) is 20.2 Å². The smallest absolute Gasteiger partial charge is 0.266 e. The highest BCUT2D eigenvalue weighted by atomic mass is 79.9. The van der Waals surface area contributed by atoms with Gasteiger partial charge < -0.3 is 9.97 Å². The molecule has 0 saturated heterocycles. The van der Waals surface area contributed by atoms with E-state index in [0.717, 1.165) is 5.52 Å². The number of hydrogen-bond donors (Lipinski definition) is 2. The highest BCUT2D eigenvalue weighted by Crippen LogP contribution is 2.30. The summed E-state index contributed by atoms with van der Waals surface area (Å²) in [6, 6.07) is 0. The van der Waals surface area contributed by atoms with Crippen molar-refractivity contribution in [2.24, 2.45) is 0 Å². The summed E-state index contributed by atoms with van der Waals surface area (Å²) in [5, 5.41) is 1.20. The van der Waals surface area contributed by atoms with Crippen LogP contribution in [0.5, 0.6) is 0 Å². The monoisotopic (exact) mass is 324 g/mol. The van der Waals surface area contributed by atoms with Crippen LogP contribution >= 0.6 is 27.7 Å². The summed E-state index contributed by atoms with van der Waals surface area (Å²) in [5.74, 6) is 0. The maximum atomic E-state index is 11.4. The molecule has 0 radical (unpaired) electrons. The number of nitrogens with one attached hydrogen (secondary N) is 2. The predicted octanol–water partition coefficient (Wildman–Crippen LogP) is 1.35. The molecule has 9 heteroatoms. The number of aromatic amines is 2. The van der Waals surface area contributed by atoms with Crippen LogP contribution in [0.4, 0.5) is 0 Å². The Morgan fingerprint density at radius 1 is 1.06 bits per heavy atom. The lowest BCUT2D eigenvalue weighted by Crippen LogP contribution is -2.07. The Morgan fingerprint density at radius 3 is 2.78 bits per heavy atom. The molecule has 2 N–H and O–H groups in total. The molecule has 7 nitrogen and oxygen atoms in total. The molecule has 90 valence electrons. The number of fused-ring (bicyclic) bond motifs is 1. The lowest BCUT2D eigenvalue weighted by atomic mass is 10.6. The van der Waals surface area contributed by atoms with E-state index in [4.69, 9.17) is 0 Å². The van der Waals surface area contributed by atoms with Gasteiger partial charge in [-0.25, -0.2) is 19.9 Å². The molecular formula is C9H5BrN6OS. The van der Waals surface area contributed by atoms with Gasteiger partial charge in [-0.15, -0.1) is 0 Å². The van der Waals surface area contributed by atoms with Crippen LogP contribution in [0.2, 0.25) is 0 Å². The molecule has 3 aromatic heterocycles. The van der Waals surface area contributed by atoms with E-state index in [1.165, 1.54) is 24.4 Å². The lowest BCUT2D eigenvalue weighted by Gasteiger charge is -2.01. The second-order valence-electron chi connectivity index (χ2n) is 3.23. The summed E-state index contributed by atoms with van der Waals surface area (Å²) in [6.45, 7) is 0. The maximum Gasteiger partial charge on any atom is 0.266 e. The van der Waals surface area contributed by atoms with E-state index in [9.17, 15) is 4.79 Å². The first-order chi connectivity index (χ1) is 8.75. The molecule has 0 aliphatic rings. The Labute approximate surface area is 113 Å². The van der Waals surface area contributed by atoms with Gasteiger partial charge in [0.25, 0.3) is 5.56 Å². The maximum absolute atomic E-state index is 11.4. The van der Waals surface area contributed by atoms with Gasteiger partial charge in [0.2, 0.25) is 0 Å². The molecule has 3 heterocycles. The summed E-state index contributed by atoms with van der Waals surface area (Å²) in [4.78, 5) is 33.2. The lowest BCUT2D eigenvalue weighted by molar-refractivity contribution is 0.984. The minimum atomic E-state index is -0.234. The van der Waals surface area contributed by atoms with E-state index in [2.05, 4.69) is 45.8 Å². The number of H-pyrrole nitrogens is 2. The molecule has 0 saturated carbocycles. The molecule has 0 unspecified atom stereocenters. The van der Waals surface area contributed by atoms with E-state index in [-0.39, 0.29) is 5.56 Å². The first-order valence-corrected chi connectivity index (χ1v) is 6.42. The molecular weight excluding hydrogens is 320 g/mol. The average molecular weight is 325 g/mol. The molecule has 3 rings (SSSR count). The highest BCUT2D eigenvalue weighted by molar-refractivity contribution is 9.10. The summed E-state index contributed by atoms with van der Waals surface area (Å²) in [6.07, 6.45) is 4.32. The molecule has 0 amide bonds. The molecule has 0 bridgehead atoms. The zero-order valence-corrected chi connectivity index (χ0v) is 11.1. The fourth-order valence-corrected chi connectivity index (χ4v) is 2.63. The zero-order valence-electron chi connectivity index (χ0n) is 8.72. The second kappa shape index (κ2) is 4.50. The largest absolute Gasteiger partial charge is 0.341 e. The first kappa shape index (κ1) is 11.4. The molecule has 0 atom stereocenters. The SMILES string of the molecule is O=c1[nH]cnc(Sc2ncnc3nc[nH]c23)c1Br. The third kappa shape index (κ3) is 1.91. The van der Waals surface area contributed by atoms with Crippen molar-refractivity contribution in [1.29, 1.82) is 0 Å². The van der Waals surface area contributed by atoms with Gasteiger partial charge in [-0.2, -0.15) is 0 Å². The normalized spacial score (nSPS) is 10.9. The van der Waals surface area contributed by atoms with E-state index in [1.54, 1.807) is 6.33 Å². The summed E-state index contributed by atoms with van der Waals surface area (Å²) in [7, 11) is 0. The van der Waals surface area contributed by atoms with Crippen molar-refractivity contribution in [2.75, 3.05) is 0 Å². The highest BCUT2D eigenvalue weighted by Gasteiger charge is 2.12. The topological polar surface area (TPSA) is 100 Å². The van der Waals surface area contributed by atoms with Gasteiger partial charge in [0, 0.05) is 0 Å². The standard InChI is InChI=1S/C9H5BrN6OS/c10-4-7(17)14-3-15-8(4)18-9-5-6(12-1-11-5)13-2-16-9/h1-3H,(H,14,15,17)(H,11,12,13,16). The van der Waals surface area contributed by atoms with Crippen molar-refractivity contribution in [3.05, 3.63) is 33.8 Å². The van der Waals surface area contributed by atoms with Gasteiger partial charge in [-0.05, 0) is 27.7 Å². The molecule has 0 aliphatic carbocycles. The first-order valence-electron chi connectivity index (χ1n) is 4.81. The molecule has 0 fully saturated rings. The summed E-state index contributed by atoms with van der Waals surface area (Å²) < 4.78 is 0.376. The van der Waals surface area contributed by atoms with Crippen molar-refractivity contribution >= 4 is 38.9 Å². The van der Waals surface area contributed by atoms with Crippen molar-refractivity contribution in [3.8, 4) is 0 Å². The molecule has 18 heavy (non-hydrogen) atoms. The zero-order chi connectivity index (χ0) is 12.5. The van der Waals surface area contributed by atoms with Crippen LogP contribution in [0.3, 0.4) is 0 Å². The number of rotatable bonds is 2. The minimum absolute atomic E-state index is 0.234. The van der Waals surface area contributed by atoms with Gasteiger partial charge in [0.1, 0.15) is 26.4 Å². The van der Waals surface area contributed by atoms with Crippen LogP contribution in [-0.4, -0.2) is 29.9 Å². The number of halogens is 1. The number of imidazole rings is 1. The molecule has 3 aromatic rings. The van der Waals surface area contributed by atoms with Gasteiger partial charge >= 0.3 is 0 Å². The van der Waals surface area contributed by atoms with Crippen LogP contribution in [0.25, 0.3) is 11.2 Å². The Kier molecular flexibility index (Phi) is 2.84. The number of aromatic nitrogens is 6. The average Bonchev–Trinajstić information content (AvgIpc) is 2.84. The Morgan fingerprint density at radius 2 is 1.89 bits per heavy atom. The fraction of sp³-hybridized carbons (Fsp3) is 0. The predicted molar refractivity (Wildman–Crippen MR) is 68.4 cm³/mol. The third-order valence-corrected chi connectivity index (χ3v) is 4.15. The van der Waals surface area contributed by atoms with Crippen molar-refractivity contribution < 1.29 is 0 Å². The van der Waals surface area contributed by atoms with E-state index in [1.807, 2.05) is 0 Å². The van der Waals surface area contributed by atoms with Crippen molar-refractivity contribution in [1.82, 2.24) is 29.9 Å². The molecule has 0 aromatic carbocycles. The number of hydrogen-bond acceptors (Lipinski definition) is 6. The third-order valence-electron chi connectivity index (χ3n) is 2.15. The Hall–Kier alpha value is -1.74. The minimum Gasteiger partial charge on any atom is -0.341 e. The molecule has 0 aliphatic heterocycles. The Bertz CT molecular complexity index is 769. The van der Waals surface area contributed by atoms with Crippen LogP contribution in [0, 0.1) is 0 Å². The second-order valence-corrected chi connectivity index (χ2v) is 5.00. The van der Waals surface area contributed by atoms with Gasteiger partial charge in [-0.1, -0.05) is 0 Å². The Balaban J connectivity index is 2.09. The van der Waals surface area contributed by atoms with E-state index >= 15 is 0 Å². The quantitative estimate of drug-likeness (QED) is 0.690. The van der Waals surface area contributed by atoms with Gasteiger partial charge in [0.15, 0.2) is 5.65 Å². The van der Waals surface area contributed by atoms with Crippen LogP contribution < -0.4 is 5.56 Å². The summed E-state index contributed by atoms with van der Waals surface area (Å²) >= 11 is 4.46. The van der Waals surface area contributed by atoms with Gasteiger partial charge in [-0.3, -0.25) is 4.79 Å². The summed E-state index contributed by atoms with van der Waals surface area (Å²) in [5.41, 5.74) is 1.06. The number of nitrogens with zero attached hydrogens (tertiary/aromatic N) is 4. The van der Waals surface area contributed by atoms with Crippen LogP contribution in [0.15, 0.2) is 38.3 Å². The molecule has 0 spiro atoms. The fourth-order valence-electron chi connectivity index (χ4n) is 1.35. The van der Waals surface area contributed by atoms with Crippen LogP contribution in [0.1, 0.15) is 0 Å². The van der Waals surface area contributed by atoms with Crippen molar-refractivity contribution in [2.45, 2.75) is 10.1 Å². The van der Waals surface area contributed by atoms with E-state index < -0.39 is 0 Å². The van der Waals surface area contributed by atoms with Gasteiger partial charge in [0.05, 0.1) is 12.7 Å².